The first-order valence-electron chi connectivity index (χ1n) is 9.78. The van der Waals surface area contributed by atoms with E-state index in [1.165, 1.54) is 20.0 Å². The maximum absolute atomic E-state index is 14.1. The summed E-state index contributed by atoms with van der Waals surface area (Å²) in [4.78, 5) is 21.3. The van der Waals surface area contributed by atoms with E-state index in [0.717, 1.165) is 11.1 Å². The molecule has 0 saturated carbocycles. The minimum atomic E-state index is -1.61. The number of carbonyl (C=O) groups is 1. The second kappa shape index (κ2) is 8.35. The fourth-order valence-electron chi connectivity index (χ4n) is 2.88. The molecule has 8 nitrogen and oxygen atoms in total. The van der Waals surface area contributed by atoms with Gasteiger partial charge in [0.15, 0.2) is 5.65 Å². The van der Waals surface area contributed by atoms with Crippen LogP contribution >= 0.6 is 0 Å². The Morgan fingerprint density at radius 3 is 2.63 bits per heavy atom. The maximum Gasteiger partial charge on any atom is 0.256 e. The average Bonchev–Trinajstić information content (AvgIpc) is 3.10. The number of fused-ring (bicyclic) bond motifs is 1. The number of alkyl halides is 1. The number of hydrogen-bond donors (Lipinski definition) is 3. The summed E-state index contributed by atoms with van der Waals surface area (Å²) in [5.41, 5.74) is 1.77. The predicted octanol–water partition coefficient (Wildman–Crippen LogP) is 2.76. The molecule has 0 aliphatic carbocycles. The number of halogens is 1. The molecule has 0 aliphatic heterocycles. The molecule has 0 bridgehead atoms. The molecule has 3 rings (SSSR count). The number of nitrogens with zero attached hydrogens (tertiary/aromatic N) is 4. The molecular weight excluding hydrogens is 387 g/mol. The van der Waals surface area contributed by atoms with Crippen LogP contribution in [0.3, 0.4) is 0 Å². The number of aliphatic hydroxyl groups is 1. The second-order valence-corrected chi connectivity index (χ2v) is 8.20. The Kier molecular flexibility index (Phi) is 6.02. The van der Waals surface area contributed by atoms with Crippen LogP contribution in [0.4, 0.5) is 10.2 Å². The number of hydrogen-bond acceptors (Lipinski definition) is 6. The normalized spacial score (nSPS) is 12.9. The van der Waals surface area contributed by atoms with Gasteiger partial charge in [0, 0.05) is 36.3 Å². The summed E-state index contributed by atoms with van der Waals surface area (Å²) in [6.07, 6.45) is 3.31. The number of aryl methyl sites for hydroxylation is 1. The Balaban J connectivity index is 1.99. The summed E-state index contributed by atoms with van der Waals surface area (Å²) in [5, 5.41) is 20.1. The van der Waals surface area contributed by atoms with Crippen LogP contribution in [0.15, 0.2) is 30.7 Å². The standard InChI is InChI=1S/C21H27FN6O2/c1-12(2)26-19-15(20(29)25-11-17(22)21(4,5)30)10-24-18-7-16(27-28(18)19)14-6-13(3)8-23-9-14/h6-10,12,17,26,30H,11H2,1-5H3,(H,25,29)/t17-/m1/s1. The molecule has 3 heterocycles. The number of carbonyl (C=O) groups excluding carboxylic acids is 1. The van der Waals surface area contributed by atoms with E-state index in [9.17, 15) is 14.3 Å². The Bertz CT molecular complexity index is 1060. The Hall–Kier alpha value is -3.07. The van der Waals surface area contributed by atoms with Gasteiger partial charge < -0.3 is 15.7 Å². The molecule has 0 saturated heterocycles. The number of rotatable bonds is 7. The molecule has 9 heteroatoms. The first-order valence-corrected chi connectivity index (χ1v) is 9.78. The zero-order valence-corrected chi connectivity index (χ0v) is 17.8. The summed E-state index contributed by atoms with van der Waals surface area (Å²) in [6.45, 7) is 8.22. The van der Waals surface area contributed by atoms with Gasteiger partial charge in [0.2, 0.25) is 0 Å². The zero-order valence-electron chi connectivity index (χ0n) is 17.8. The van der Waals surface area contributed by atoms with Crippen LogP contribution in [0.1, 0.15) is 43.6 Å². The van der Waals surface area contributed by atoms with Gasteiger partial charge in [-0.2, -0.15) is 9.61 Å². The van der Waals surface area contributed by atoms with Crippen molar-refractivity contribution in [3.05, 3.63) is 41.9 Å². The van der Waals surface area contributed by atoms with Crippen molar-refractivity contribution in [2.45, 2.75) is 52.4 Å². The number of amides is 1. The van der Waals surface area contributed by atoms with Gasteiger partial charge in [-0.1, -0.05) is 0 Å². The SMILES string of the molecule is Cc1cncc(-c2cc3ncc(C(=O)NC[C@@H](F)C(C)(C)O)c(NC(C)C)n3n2)c1. The summed E-state index contributed by atoms with van der Waals surface area (Å²) < 4.78 is 15.6. The lowest BCUT2D eigenvalue weighted by Gasteiger charge is -2.22. The number of pyridine rings is 1. The molecule has 0 radical (unpaired) electrons. The molecular formula is C21H27FN6O2. The Labute approximate surface area is 174 Å². The van der Waals surface area contributed by atoms with Gasteiger partial charge in [-0.15, -0.1) is 0 Å². The van der Waals surface area contributed by atoms with Crippen molar-refractivity contribution in [1.29, 1.82) is 0 Å². The molecule has 30 heavy (non-hydrogen) atoms. The third-order valence-electron chi connectivity index (χ3n) is 4.53. The van der Waals surface area contributed by atoms with Gasteiger partial charge in [0.25, 0.3) is 5.91 Å². The third-order valence-corrected chi connectivity index (χ3v) is 4.53. The first kappa shape index (κ1) is 21.6. The molecule has 1 amide bonds. The Morgan fingerprint density at radius 1 is 1.27 bits per heavy atom. The molecule has 3 aromatic heterocycles. The minimum absolute atomic E-state index is 0.0146. The van der Waals surface area contributed by atoms with Crippen molar-refractivity contribution in [1.82, 2.24) is 24.9 Å². The summed E-state index contributed by atoms with van der Waals surface area (Å²) in [6, 6.07) is 3.80. The molecule has 3 aromatic rings. The van der Waals surface area contributed by atoms with Crippen LogP contribution in [0.2, 0.25) is 0 Å². The van der Waals surface area contributed by atoms with Crippen LogP contribution in [-0.2, 0) is 0 Å². The first-order chi connectivity index (χ1) is 14.1. The highest BCUT2D eigenvalue weighted by Gasteiger charge is 2.27. The third kappa shape index (κ3) is 4.73. The molecule has 0 aromatic carbocycles. The number of nitrogens with one attached hydrogen (secondary N) is 2. The van der Waals surface area contributed by atoms with Crippen molar-refractivity contribution in [3.63, 3.8) is 0 Å². The van der Waals surface area contributed by atoms with Crippen LogP contribution in [0, 0.1) is 6.92 Å². The lowest BCUT2D eigenvalue weighted by Crippen LogP contribution is -2.42. The van der Waals surface area contributed by atoms with E-state index < -0.39 is 17.7 Å². The highest BCUT2D eigenvalue weighted by Crippen LogP contribution is 2.24. The van der Waals surface area contributed by atoms with Gasteiger partial charge in [0.1, 0.15) is 17.6 Å². The zero-order chi connectivity index (χ0) is 22.1. The van der Waals surface area contributed by atoms with Crippen LogP contribution in [-0.4, -0.2) is 55.0 Å². The van der Waals surface area contributed by atoms with Crippen molar-refractivity contribution >= 4 is 17.4 Å². The minimum Gasteiger partial charge on any atom is -0.387 e. The van der Waals surface area contributed by atoms with Crippen molar-refractivity contribution in [3.8, 4) is 11.3 Å². The van der Waals surface area contributed by atoms with Gasteiger partial charge in [-0.25, -0.2) is 9.37 Å². The summed E-state index contributed by atoms with van der Waals surface area (Å²) in [5.74, 6) is -0.0493. The lowest BCUT2D eigenvalue weighted by molar-refractivity contribution is -0.00177. The van der Waals surface area contributed by atoms with E-state index in [0.29, 0.717) is 17.2 Å². The van der Waals surface area contributed by atoms with Crippen LogP contribution in [0.25, 0.3) is 16.9 Å². The van der Waals surface area contributed by atoms with E-state index in [1.54, 1.807) is 16.9 Å². The lowest BCUT2D eigenvalue weighted by atomic mass is 10.0. The highest BCUT2D eigenvalue weighted by atomic mass is 19.1. The van der Waals surface area contributed by atoms with Gasteiger partial charge in [0.05, 0.1) is 17.8 Å². The van der Waals surface area contributed by atoms with Crippen LogP contribution in [0.5, 0.6) is 0 Å². The van der Waals surface area contributed by atoms with Crippen molar-refractivity contribution < 1.29 is 14.3 Å². The molecule has 0 fully saturated rings. The van der Waals surface area contributed by atoms with E-state index >= 15 is 0 Å². The molecule has 160 valence electrons. The van der Waals surface area contributed by atoms with Gasteiger partial charge >= 0.3 is 0 Å². The van der Waals surface area contributed by atoms with Crippen molar-refractivity contribution in [2.24, 2.45) is 0 Å². The van der Waals surface area contributed by atoms with Crippen LogP contribution < -0.4 is 10.6 Å². The number of anilines is 1. The summed E-state index contributed by atoms with van der Waals surface area (Å²) >= 11 is 0. The van der Waals surface area contributed by atoms with Gasteiger partial charge in [-0.3, -0.25) is 9.78 Å². The van der Waals surface area contributed by atoms with E-state index in [-0.39, 0.29) is 18.2 Å². The van der Waals surface area contributed by atoms with E-state index in [1.807, 2.05) is 32.9 Å². The highest BCUT2D eigenvalue weighted by molar-refractivity contribution is 5.99. The predicted molar refractivity (Wildman–Crippen MR) is 113 cm³/mol. The molecule has 0 spiro atoms. The van der Waals surface area contributed by atoms with Crippen molar-refractivity contribution in [2.75, 3.05) is 11.9 Å². The average molecular weight is 414 g/mol. The monoisotopic (exact) mass is 414 g/mol. The largest absolute Gasteiger partial charge is 0.387 e. The van der Waals surface area contributed by atoms with E-state index in [4.69, 9.17) is 0 Å². The molecule has 1 atom stereocenters. The smallest absolute Gasteiger partial charge is 0.256 e. The Morgan fingerprint density at radius 2 is 2.00 bits per heavy atom. The molecule has 0 unspecified atom stereocenters. The fourth-order valence-corrected chi connectivity index (χ4v) is 2.88. The topological polar surface area (TPSA) is 104 Å². The molecule has 0 aliphatic rings. The van der Waals surface area contributed by atoms with Gasteiger partial charge in [-0.05, 0) is 46.2 Å². The molecule has 3 N–H and O–H groups in total. The maximum atomic E-state index is 14.1. The van der Waals surface area contributed by atoms with E-state index in [2.05, 4.69) is 25.7 Å². The summed E-state index contributed by atoms with van der Waals surface area (Å²) in [7, 11) is 0. The fraction of sp³-hybridized carbons (Fsp3) is 0.429. The second-order valence-electron chi connectivity index (χ2n) is 8.20. The quantitative estimate of drug-likeness (QED) is 0.549. The number of aromatic nitrogens is 4.